The lowest BCUT2D eigenvalue weighted by atomic mass is 10.1. The third-order valence-electron chi connectivity index (χ3n) is 6.27. The molecule has 3 aromatic rings. The Balaban J connectivity index is 0.00000306. The summed E-state index contributed by atoms with van der Waals surface area (Å²) in [7, 11) is 1.84. The lowest BCUT2D eigenvalue weighted by Gasteiger charge is -2.36. The summed E-state index contributed by atoms with van der Waals surface area (Å²) in [4.78, 5) is 12.8. The van der Waals surface area contributed by atoms with Gasteiger partial charge >= 0.3 is 0 Å². The van der Waals surface area contributed by atoms with Crippen LogP contribution >= 0.6 is 24.0 Å². The van der Waals surface area contributed by atoms with E-state index in [4.69, 9.17) is 0 Å². The van der Waals surface area contributed by atoms with Crippen LogP contribution in [0, 0.1) is 0 Å². The molecule has 6 nitrogen and oxygen atoms in total. The van der Waals surface area contributed by atoms with Crippen LogP contribution < -0.4 is 15.5 Å². The van der Waals surface area contributed by atoms with Crippen molar-refractivity contribution in [3.05, 3.63) is 66.4 Å². The predicted octanol–water partition coefficient (Wildman–Crippen LogP) is 4.10. The molecule has 0 atom stereocenters. The minimum absolute atomic E-state index is 0. The highest BCUT2D eigenvalue weighted by Crippen LogP contribution is 2.18. The number of nitrogens with one attached hydrogen (secondary N) is 3. The Morgan fingerprint density at radius 2 is 1.64 bits per heavy atom. The average molecular weight is 561 g/mol. The number of guanidine groups is 1. The molecule has 1 saturated heterocycles. The maximum absolute atomic E-state index is 4.36. The number of H-pyrrole nitrogens is 1. The minimum Gasteiger partial charge on any atom is -0.369 e. The molecule has 2 heterocycles. The standard InChI is InChI=1S/C26H36N6.HI/c1-27-26(29-15-13-22-21-30-25-12-6-5-11-24(22)25)28-14-7-8-16-31-17-19-32(20-18-31)23-9-3-2-4-10-23;/h2-6,9-12,21,30H,7-8,13-20H2,1H3,(H2,27,28,29);1H. The van der Waals surface area contributed by atoms with Crippen LogP contribution in [0.3, 0.4) is 0 Å². The Kier molecular flexibility index (Phi) is 10.3. The molecular weight excluding hydrogens is 523 g/mol. The molecule has 0 bridgehead atoms. The molecule has 33 heavy (non-hydrogen) atoms. The number of aromatic amines is 1. The topological polar surface area (TPSA) is 58.7 Å². The zero-order valence-electron chi connectivity index (χ0n) is 19.6. The maximum Gasteiger partial charge on any atom is 0.190 e. The summed E-state index contributed by atoms with van der Waals surface area (Å²) >= 11 is 0. The molecule has 3 N–H and O–H groups in total. The molecule has 0 spiro atoms. The number of para-hydroxylation sites is 2. The lowest BCUT2D eigenvalue weighted by molar-refractivity contribution is 0.253. The van der Waals surface area contributed by atoms with Gasteiger partial charge in [-0.3, -0.25) is 9.89 Å². The van der Waals surface area contributed by atoms with Gasteiger partial charge in [-0.15, -0.1) is 24.0 Å². The Morgan fingerprint density at radius 1 is 0.909 bits per heavy atom. The van der Waals surface area contributed by atoms with E-state index >= 15 is 0 Å². The molecule has 2 aromatic carbocycles. The van der Waals surface area contributed by atoms with Crippen LogP contribution in [0.15, 0.2) is 65.8 Å². The van der Waals surface area contributed by atoms with Crippen LogP contribution in [0.1, 0.15) is 18.4 Å². The van der Waals surface area contributed by atoms with Crippen molar-refractivity contribution in [3.8, 4) is 0 Å². The van der Waals surface area contributed by atoms with E-state index in [9.17, 15) is 0 Å². The maximum atomic E-state index is 4.36. The number of benzene rings is 2. The predicted molar refractivity (Wildman–Crippen MR) is 151 cm³/mol. The van der Waals surface area contributed by atoms with Crippen molar-refractivity contribution >= 4 is 46.5 Å². The smallest absolute Gasteiger partial charge is 0.190 e. The first-order chi connectivity index (χ1) is 15.8. The molecule has 0 amide bonds. The van der Waals surface area contributed by atoms with Crippen LogP contribution in [0.2, 0.25) is 0 Å². The normalized spacial score (nSPS) is 14.8. The number of hydrogen-bond acceptors (Lipinski definition) is 3. The number of halogens is 1. The molecule has 7 heteroatoms. The minimum atomic E-state index is 0. The van der Waals surface area contributed by atoms with E-state index in [1.807, 2.05) is 7.05 Å². The van der Waals surface area contributed by atoms with Crippen molar-refractivity contribution in [1.29, 1.82) is 0 Å². The van der Waals surface area contributed by atoms with Crippen molar-refractivity contribution in [1.82, 2.24) is 20.5 Å². The first kappa shape index (κ1) is 25.4. The van der Waals surface area contributed by atoms with Crippen molar-refractivity contribution in [3.63, 3.8) is 0 Å². The van der Waals surface area contributed by atoms with Gasteiger partial charge in [-0.1, -0.05) is 36.4 Å². The highest BCUT2D eigenvalue weighted by molar-refractivity contribution is 14.0. The Bertz CT molecular complexity index is 979. The molecule has 4 rings (SSSR count). The van der Waals surface area contributed by atoms with E-state index in [1.165, 1.54) is 35.1 Å². The SMILES string of the molecule is CN=C(NCCCCN1CCN(c2ccccc2)CC1)NCCc1c[nH]c2ccccc12.I. The van der Waals surface area contributed by atoms with Crippen LogP contribution in [0.5, 0.6) is 0 Å². The second-order valence-corrected chi connectivity index (χ2v) is 8.41. The van der Waals surface area contributed by atoms with Crippen LogP contribution in [-0.2, 0) is 6.42 Å². The van der Waals surface area contributed by atoms with Gasteiger partial charge in [-0.25, -0.2) is 0 Å². The number of hydrogen-bond donors (Lipinski definition) is 3. The number of anilines is 1. The van der Waals surface area contributed by atoms with Crippen LogP contribution in [-0.4, -0.2) is 68.7 Å². The van der Waals surface area contributed by atoms with E-state index in [0.717, 1.165) is 58.1 Å². The molecule has 0 radical (unpaired) electrons. The Labute approximate surface area is 214 Å². The molecule has 0 saturated carbocycles. The summed E-state index contributed by atoms with van der Waals surface area (Å²) in [6, 6.07) is 19.2. The van der Waals surface area contributed by atoms with Gasteiger partial charge in [0, 0.05) is 69.1 Å². The van der Waals surface area contributed by atoms with Gasteiger partial charge in [0.15, 0.2) is 5.96 Å². The van der Waals surface area contributed by atoms with Gasteiger partial charge in [0.2, 0.25) is 0 Å². The second-order valence-electron chi connectivity index (χ2n) is 8.41. The van der Waals surface area contributed by atoms with Gasteiger partial charge in [0.25, 0.3) is 0 Å². The summed E-state index contributed by atoms with van der Waals surface area (Å²) < 4.78 is 0. The summed E-state index contributed by atoms with van der Waals surface area (Å²) in [5.41, 5.74) is 3.89. The van der Waals surface area contributed by atoms with Crippen molar-refractivity contribution in [2.24, 2.45) is 4.99 Å². The van der Waals surface area contributed by atoms with Gasteiger partial charge in [0.1, 0.15) is 0 Å². The Morgan fingerprint density at radius 3 is 2.42 bits per heavy atom. The quantitative estimate of drug-likeness (QED) is 0.160. The lowest BCUT2D eigenvalue weighted by Crippen LogP contribution is -2.46. The van der Waals surface area contributed by atoms with Crippen LogP contribution in [0.25, 0.3) is 10.9 Å². The van der Waals surface area contributed by atoms with E-state index in [0.29, 0.717) is 0 Å². The van der Waals surface area contributed by atoms with E-state index in [-0.39, 0.29) is 24.0 Å². The molecule has 0 aliphatic carbocycles. The fourth-order valence-electron chi connectivity index (χ4n) is 4.41. The molecule has 1 aromatic heterocycles. The van der Waals surface area contributed by atoms with Crippen LogP contribution in [0.4, 0.5) is 5.69 Å². The number of aromatic nitrogens is 1. The number of piperazine rings is 1. The molecule has 1 aliphatic heterocycles. The summed E-state index contributed by atoms with van der Waals surface area (Å²) in [6.07, 6.45) is 5.45. The molecule has 1 aliphatic rings. The van der Waals surface area contributed by atoms with Crippen molar-refractivity contribution in [2.45, 2.75) is 19.3 Å². The second kappa shape index (κ2) is 13.4. The van der Waals surface area contributed by atoms with E-state index in [1.54, 1.807) is 0 Å². The number of rotatable bonds is 9. The number of aliphatic imine (C=N–C) groups is 1. The molecule has 0 unspecified atom stereocenters. The van der Waals surface area contributed by atoms with Crippen molar-refractivity contribution < 1.29 is 0 Å². The summed E-state index contributed by atoms with van der Waals surface area (Å²) in [5, 5.41) is 8.21. The molecular formula is C26H37IN6. The van der Waals surface area contributed by atoms with Crippen molar-refractivity contribution in [2.75, 3.05) is 57.8 Å². The van der Waals surface area contributed by atoms with Gasteiger partial charge in [0.05, 0.1) is 0 Å². The van der Waals surface area contributed by atoms with E-state index in [2.05, 4.69) is 91.2 Å². The largest absolute Gasteiger partial charge is 0.369 e. The molecule has 178 valence electrons. The highest BCUT2D eigenvalue weighted by Gasteiger charge is 2.16. The number of nitrogens with zero attached hydrogens (tertiary/aromatic N) is 3. The fraction of sp³-hybridized carbons (Fsp3) is 0.423. The zero-order chi connectivity index (χ0) is 22.0. The van der Waals surface area contributed by atoms with E-state index < -0.39 is 0 Å². The first-order valence-electron chi connectivity index (χ1n) is 11.9. The third-order valence-corrected chi connectivity index (χ3v) is 6.27. The monoisotopic (exact) mass is 560 g/mol. The highest BCUT2D eigenvalue weighted by atomic mass is 127. The first-order valence-corrected chi connectivity index (χ1v) is 11.9. The van der Waals surface area contributed by atoms with Gasteiger partial charge < -0.3 is 20.5 Å². The average Bonchev–Trinajstić information content (AvgIpc) is 3.27. The third kappa shape index (κ3) is 7.37. The summed E-state index contributed by atoms with van der Waals surface area (Å²) in [5.74, 6) is 0.890. The Hall–Kier alpha value is -2.26. The summed E-state index contributed by atoms with van der Waals surface area (Å²) in [6.45, 7) is 7.55. The zero-order valence-corrected chi connectivity index (χ0v) is 21.9. The van der Waals surface area contributed by atoms with Gasteiger partial charge in [-0.05, 0) is 49.6 Å². The number of fused-ring (bicyclic) bond motifs is 1. The number of unbranched alkanes of at least 4 members (excludes halogenated alkanes) is 1. The fourth-order valence-corrected chi connectivity index (χ4v) is 4.41. The molecule has 1 fully saturated rings. The van der Waals surface area contributed by atoms with Gasteiger partial charge in [-0.2, -0.15) is 0 Å².